The van der Waals surface area contributed by atoms with Crippen LogP contribution in [0.4, 0.5) is 0 Å². The number of hydrogen-bond acceptors (Lipinski definition) is 4. The van der Waals surface area contributed by atoms with Gasteiger partial charge in [-0.1, -0.05) is 11.6 Å². The van der Waals surface area contributed by atoms with Crippen LogP contribution in [0, 0.1) is 0 Å². The topological polar surface area (TPSA) is 47.0 Å². The minimum Gasteiger partial charge on any atom is -0.368 e. The number of halogens is 2. The Morgan fingerprint density at radius 1 is 1.43 bits per heavy atom. The van der Waals surface area contributed by atoms with Gasteiger partial charge < -0.3 is 10.1 Å². The highest BCUT2D eigenvalue weighted by Crippen LogP contribution is 2.26. The lowest BCUT2D eigenvalue weighted by atomic mass is 9.96. The zero-order chi connectivity index (χ0) is 9.31. The summed E-state index contributed by atoms with van der Waals surface area (Å²) >= 11 is 5.68. The number of aromatic nitrogens is 2. The number of rotatable bonds is 2. The molecule has 1 aliphatic rings. The smallest absolute Gasteiger partial charge is 0.163 e. The molecule has 0 amide bonds. The summed E-state index contributed by atoms with van der Waals surface area (Å²) in [6, 6.07) is 0. The van der Waals surface area contributed by atoms with Crippen molar-refractivity contribution in [3.8, 4) is 0 Å². The normalized spacial score (nSPS) is 18.1. The van der Waals surface area contributed by atoms with E-state index >= 15 is 0 Å². The molecule has 6 heteroatoms. The molecule has 0 radical (unpaired) electrons. The zero-order valence-electron chi connectivity index (χ0n) is 7.66. The van der Waals surface area contributed by atoms with Crippen molar-refractivity contribution < 1.29 is 4.74 Å². The molecule has 4 nitrogen and oxygen atoms in total. The quantitative estimate of drug-likeness (QED) is 0.832. The Morgan fingerprint density at radius 2 is 2.00 bits per heavy atom. The molecule has 1 N–H and O–H groups in total. The zero-order valence-corrected chi connectivity index (χ0v) is 9.23. The maximum Gasteiger partial charge on any atom is 0.163 e. The summed E-state index contributed by atoms with van der Waals surface area (Å²) in [6.07, 6.45) is 3.17. The second-order valence-corrected chi connectivity index (χ2v) is 3.46. The van der Waals surface area contributed by atoms with E-state index < -0.39 is 0 Å². The summed E-state index contributed by atoms with van der Waals surface area (Å²) in [7, 11) is 1.67. The first-order valence-electron chi connectivity index (χ1n) is 4.01. The fourth-order valence-electron chi connectivity index (χ4n) is 1.29. The number of ether oxygens (including phenoxy) is 1. The summed E-state index contributed by atoms with van der Waals surface area (Å²) < 4.78 is 5.37. The number of nitrogens with zero attached hydrogens (tertiary/aromatic N) is 2. The molecule has 2 heterocycles. The summed E-state index contributed by atoms with van der Waals surface area (Å²) in [6.45, 7) is 1.51. The number of nitrogens with one attached hydrogen (secondary N) is 1. The van der Waals surface area contributed by atoms with E-state index in [9.17, 15) is 0 Å². The van der Waals surface area contributed by atoms with Gasteiger partial charge in [0.2, 0.25) is 0 Å². The van der Waals surface area contributed by atoms with Crippen LogP contribution in [0.25, 0.3) is 0 Å². The highest BCUT2D eigenvalue weighted by atomic mass is 35.5. The molecule has 0 bridgehead atoms. The Balaban J connectivity index is 0.000000980. The average Bonchev–Trinajstić information content (AvgIpc) is 2.07. The standard InChI is InChI=1S/C8H10ClN3O.ClH/c1-13-8(4-10-5-8)7-11-2-6(9)3-12-7;/h2-3,10H,4-5H2,1H3;1H. The van der Waals surface area contributed by atoms with Crippen LogP contribution in [-0.4, -0.2) is 30.2 Å². The Hall–Kier alpha value is -0.420. The molecule has 2 rings (SSSR count). The molecule has 0 aromatic carbocycles. The van der Waals surface area contributed by atoms with E-state index in [4.69, 9.17) is 16.3 Å². The third-order valence-electron chi connectivity index (χ3n) is 2.24. The summed E-state index contributed by atoms with van der Waals surface area (Å²) in [5.74, 6) is 0.693. The predicted molar refractivity (Wildman–Crippen MR) is 55.8 cm³/mol. The molecular formula is C8H11Cl2N3O. The third-order valence-corrected chi connectivity index (χ3v) is 2.43. The number of methoxy groups -OCH3 is 1. The molecule has 1 aromatic heterocycles. The van der Waals surface area contributed by atoms with Crippen molar-refractivity contribution in [2.24, 2.45) is 0 Å². The molecule has 1 saturated heterocycles. The fourth-order valence-corrected chi connectivity index (χ4v) is 1.39. The van der Waals surface area contributed by atoms with E-state index in [1.807, 2.05) is 0 Å². The lowest BCUT2D eigenvalue weighted by Crippen LogP contribution is -2.58. The predicted octanol–water partition coefficient (Wildman–Crippen LogP) is 0.997. The second-order valence-electron chi connectivity index (χ2n) is 3.03. The molecule has 1 aliphatic heterocycles. The van der Waals surface area contributed by atoms with Crippen LogP contribution in [0.15, 0.2) is 12.4 Å². The first-order valence-corrected chi connectivity index (χ1v) is 4.38. The fraction of sp³-hybridized carbons (Fsp3) is 0.500. The van der Waals surface area contributed by atoms with Gasteiger partial charge in [-0.2, -0.15) is 0 Å². The van der Waals surface area contributed by atoms with Crippen molar-refractivity contribution in [3.05, 3.63) is 23.2 Å². The monoisotopic (exact) mass is 235 g/mol. The van der Waals surface area contributed by atoms with Crippen molar-refractivity contribution >= 4 is 24.0 Å². The molecule has 14 heavy (non-hydrogen) atoms. The first-order chi connectivity index (χ1) is 6.27. The van der Waals surface area contributed by atoms with E-state index in [2.05, 4.69) is 15.3 Å². The van der Waals surface area contributed by atoms with Gasteiger partial charge in [-0.05, 0) is 0 Å². The minimum absolute atomic E-state index is 0. The van der Waals surface area contributed by atoms with Crippen LogP contribution in [0.2, 0.25) is 5.02 Å². The SMILES string of the molecule is COC1(c2ncc(Cl)cn2)CNC1.Cl. The Labute approximate surface area is 93.4 Å². The molecule has 1 aromatic rings. The first kappa shape index (κ1) is 11.7. The maximum atomic E-state index is 5.68. The summed E-state index contributed by atoms with van der Waals surface area (Å²) in [5.41, 5.74) is -0.343. The molecule has 1 fully saturated rings. The molecule has 0 unspecified atom stereocenters. The van der Waals surface area contributed by atoms with Gasteiger partial charge in [0.05, 0.1) is 5.02 Å². The van der Waals surface area contributed by atoms with Gasteiger partial charge in [0.1, 0.15) is 0 Å². The van der Waals surface area contributed by atoms with Crippen molar-refractivity contribution in [1.82, 2.24) is 15.3 Å². The van der Waals surface area contributed by atoms with Gasteiger partial charge in [0.25, 0.3) is 0 Å². The van der Waals surface area contributed by atoms with E-state index in [0.29, 0.717) is 10.8 Å². The van der Waals surface area contributed by atoms with Crippen LogP contribution < -0.4 is 5.32 Å². The van der Waals surface area contributed by atoms with Crippen molar-refractivity contribution in [2.45, 2.75) is 5.60 Å². The van der Waals surface area contributed by atoms with E-state index in [1.165, 1.54) is 0 Å². The lowest BCUT2D eigenvalue weighted by Gasteiger charge is -2.39. The Kier molecular flexibility index (Phi) is 3.66. The molecule has 78 valence electrons. The van der Waals surface area contributed by atoms with Crippen molar-refractivity contribution in [1.29, 1.82) is 0 Å². The van der Waals surface area contributed by atoms with Crippen LogP contribution in [0.5, 0.6) is 0 Å². The molecule has 0 spiro atoms. The molecule has 0 atom stereocenters. The van der Waals surface area contributed by atoms with Gasteiger partial charge >= 0.3 is 0 Å². The number of hydrogen-bond donors (Lipinski definition) is 1. The van der Waals surface area contributed by atoms with Gasteiger partial charge in [0.15, 0.2) is 11.4 Å². The van der Waals surface area contributed by atoms with Crippen LogP contribution in [0.1, 0.15) is 5.82 Å². The average molecular weight is 236 g/mol. The summed E-state index contributed by atoms with van der Waals surface area (Å²) in [4.78, 5) is 8.27. The highest BCUT2D eigenvalue weighted by molar-refractivity contribution is 6.30. The van der Waals surface area contributed by atoms with Gasteiger partial charge in [-0.3, -0.25) is 0 Å². The van der Waals surface area contributed by atoms with Gasteiger partial charge in [-0.15, -0.1) is 12.4 Å². The van der Waals surface area contributed by atoms with E-state index in [0.717, 1.165) is 13.1 Å². The second kappa shape index (κ2) is 4.40. The van der Waals surface area contributed by atoms with Gasteiger partial charge in [0, 0.05) is 32.6 Å². The largest absolute Gasteiger partial charge is 0.368 e. The van der Waals surface area contributed by atoms with Crippen LogP contribution in [0.3, 0.4) is 0 Å². The molecule has 0 saturated carbocycles. The Bertz CT molecular complexity index is 294. The summed E-state index contributed by atoms with van der Waals surface area (Å²) in [5, 5.41) is 3.67. The third kappa shape index (κ3) is 1.83. The highest BCUT2D eigenvalue weighted by Gasteiger charge is 2.41. The molecular weight excluding hydrogens is 225 g/mol. The van der Waals surface area contributed by atoms with Gasteiger partial charge in [-0.25, -0.2) is 9.97 Å². The van der Waals surface area contributed by atoms with Crippen LogP contribution >= 0.6 is 24.0 Å². The lowest BCUT2D eigenvalue weighted by molar-refractivity contribution is -0.0634. The van der Waals surface area contributed by atoms with Crippen molar-refractivity contribution in [3.63, 3.8) is 0 Å². The maximum absolute atomic E-state index is 5.68. The minimum atomic E-state index is -0.343. The molecule has 0 aliphatic carbocycles. The van der Waals surface area contributed by atoms with E-state index in [-0.39, 0.29) is 18.0 Å². The van der Waals surface area contributed by atoms with E-state index in [1.54, 1.807) is 19.5 Å². The Morgan fingerprint density at radius 3 is 2.36 bits per heavy atom. The van der Waals surface area contributed by atoms with Crippen molar-refractivity contribution in [2.75, 3.05) is 20.2 Å². The van der Waals surface area contributed by atoms with Crippen LogP contribution in [-0.2, 0) is 10.3 Å².